The van der Waals surface area contributed by atoms with Crippen molar-refractivity contribution in [2.45, 2.75) is 43.8 Å². The summed E-state index contributed by atoms with van der Waals surface area (Å²) in [6, 6.07) is 2.57. The number of nitrogen functional groups attached to an aromatic ring is 1. The second-order valence-corrected chi connectivity index (χ2v) is 7.48. The van der Waals surface area contributed by atoms with Crippen molar-refractivity contribution in [1.82, 2.24) is 5.32 Å². The largest absolute Gasteiger partial charge is 0.397 e. The number of nitrogens with zero attached hydrogens (tertiary/aromatic N) is 1. The van der Waals surface area contributed by atoms with Gasteiger partial charge in [0, 0.05) is 13.1 Å². The summed E-state index contributed by atoms with van der Waals surface area (Å²) < 4.78 is 65.0. The van der Waals surface area contributed by atoms with Gasteiger partial charge in [0.2, 0.25) is 0 Å². The number of rotatable bonds is 4. The van der Waals surface area contributed by atoms with Gasteiger partial charge in [0.25, 0.3) is 11.8 Å². The normalized spacial score (nSPS) is 24.4. The molecule has 1 aromatic rings. The summed E-state index contributed by atoms with van der Waals surface area (Å²) in [7, 11) is 1.62. The Balaban J connectivity index is 1.73. The molecule has 1 aliphatic carbocycles. The number of carbonyl (C=O) groups excluding carboxylic acids is 1. The average Bonchev–Trinajstić information content (AvgIpc) is 2.59. The highest BCUT2D eigenvalue weighted by Gasteiger charge is 2.45. The third kappa shape index (κ3) is 4.25. The van der Waals surface area contributed by atoms with Gasteiger partial charge in [-0.25, -0.2) is 8.78 Å². The Morgan fingerprint density at radius 2 is 1.79 bits per heavy atom. The second-order valence-electron chi connectivity index (χ2n) is 7.48. The zero-order valence-corrected chi connectivity index (χ0v) is 15.4. The van der Waals surface area contributed by atoms with Crippen molar-refractivity contribution in [1.29, 1.82) is 0 Å². The average molecular weight is 406 g/mol. The zero-order chi connectivity index (χ0) is 20.7. The molecule has 1 saturated carbocycles. The minimum atomic E-state index is -4.22. The van der Waals surface area contributed by atoms with Crippen molar-refractivity contribution in [2.75, 3.05) is 36.1 Å². The number of carbonyl (C=O) groups is 1. The van der Waals surface area contributed by atoms with Crippen LogP contribution in [-0.4, -0.2) is 44.2 Å². The van der Waals surface area contributed by atoms with Gasteiger partial charge in [-0.15, -0.1) is 0 Å². The molecule has 4 N–H and O–H groups in total. The highest BCUT2D eigenvalue weighted by Crippen LogP contribution is 2.39. The summed E-state index contributed by atoms with van der Waals surface area (Å²) in [6.07, 6.45) is -3.86. The van der Waals surface area contributed by atoms with Crippen LogP contribution in [0.4, 0.5) is 39.0 Å². The molecule has 28 heavy (non-hydrogen) atoms. The van der Waals surface area contributed by atoms with Crippen molar-refractivity contribution < 1.29 is 26.7 Å². The fourth-order valence-electron chi connectivity index (χ4n) is 3.78. The lowest BCUT2D eigenvalue weighted by molar-refractivity contribution is -0.182. The van der Waals surface area contributed by atoms with Crippen molar-refractivity contribution in [3.63, 3.8) is 0 Å². The lowest BCUT2D eigenvalue weighted by atomic mass is 9.85. The number of nitrogens with one attached hydrogen (secondary N) is 2. The first-order valence-corrected chi connectivity index (χ1v) is 9.12. The summed E-state index contributed by atoms with van der Waals surface area (Å²) in [4.78, 5) is 14.1. The summed E-state index contributed by atoms with van der Waals surface area (Å²) in [5.74, 6) is -4.68. The number of alkyl halides is 5. The number of anilines is 3. The van der Waals surface area contributed by atoms with Crippen LogP contribution in [0.1, 0.15) is 36.0 Å². The van der Waals surface area contributed by atoms with E-state index in [1.54, 1.807) is 13.1 Å². The van der Waals surface area contributed by atoms with E-state index in [-0.39, 0.29) is 43.0 Å². The van der Waals surface area contributed by atoms with E-state index in [0.717, 1.165) is 0 Å². The van der Waals surface area contributed by atoms with E-state index in [9.17, 15) is 26.7 Å². The minimum Gasteiger partial charge on any atom is -0.397 e. The topological polar surface area (TPSA) is 70.4 Å². The monoisotopic (exact) mass is 406 g/mol. The van der Waals surface area contributed by atoms with E-state index in [0.29, 0.717) is 11.4 Å². The molecule has 0 bridgehead atoms. The van der Waals surface area contributed by atoms with Crippen LogP contribution < -0.4 is 21.3 Å². The van der Waals surface area contributed by atoms with Gasteiger partial charge in [0.1, 0.15) is 0 Å². The molecule has 0 radical (unpaired) electrons. The first kappa shape index (κ1) is 20.5. The molecule has 1 saturated heterocycles. The van der Waals surface area contributed by atoms with E-state index >= 15 is 0 Å². The SMILES string of the molecule is CNc1cc(N2CC(F)(F)C2)c(C(=O)NC2CCC(C(F)(F)F)CC2)cc1N. The first-order valence-electron chi connectivity index (χ1n) is 9.12. The number of benzene rings is 1. The first-order chi connectivity index (χ1) is 13.0. The van der Waals surface area contributed by atoms with Gasteiger partial charge in [-0.2, -0.15) is 13.2 Å². The number of hydrogen-bond acceptors (Lipinski definition) is 4. The van der Waals surface area contributed by atoms with E-state index in [1.807, 2.05) is 0 Å². The van der Waals surface area contributed by atoms with Gasteiger partial charge < -0.3 is 21.3 Å². The van der Waals surface area contributed by atoms with E-state index < -0.39 is 37.0 Å². The molecule has 10 heteroatoms. The Kier molecular flexibility index (Phi) is 5.33. The number of hydrogen-bond donors (Lipinski definition) is 3. The van der Waals surface area contributed by atoms with Gasteiger partial charge >= 0.3 is 6.18 Å². The summed E-state index contributed by atoms with van der Waals surface area (Å²) in [6.45, 7) is -1.01. The van der Waals surface area contributed by atoms with Gasteiger partial charge in [-0.3, -0.25) is 4.79 Å². The predicted octanol–water partition coefficient (Wildman–Crippen LogP) is 3.62. The van der Waals surface area contributed by atoms with Gasteiger partial charge in [0.15, 0.2) is 0 Å². The molecule has 0 aromatic heterocycles. The van der Waals surface area contributed by atoms with E-state index in [4.69, 9.17) is 5.73 Å². The molecule has 3 rings (SSSR count). The Bertz CT molecular complexity index is 736. The van der Waals surface area contributed by atoms with Crippen LogP contribution in [0.5, 0.6) is 0 Å². The molecule has 1 aliphatic heterocycles. The summed E-state index contributed by atoms with van der Waals surface area (Å²) in [5.41, 5.74) is 7.17. The highest BCUT2D eigenvalue weighted by molar-refractivity contribution is 6.02. The number of nitrogens with two attached hydrogens (primary N) is 1. The molecule has 1 heterocycles. The maximum Gasteiger partial charge on any atom is 0.391 e. The van der Waals surface area contributed by atoms with Crippen LogP contribution in [0, 0.1) is 5.92 Å². The summed E-state index contributed by atoms with van der Waals surface area (Å²) >= 11 is 0. The molecule has 0 spiro atoms. The molecule has 2 aliphatic rings. The standard InChI is InChI=1S/C18H23F5N4O/c1-25-14-7-15(27-8-17(19,20)9-27)12(6-13(14)24)16(28)26-11-4-2-10(3-5-11)18(21,22)23/h6-7,10-11,25H,2-5,8-9,24H2,1H3,(H,26,28). The number of halogens is 5. The van der Waals surface area contributed by atoms with Gasteiger partial charge in [-0.05, 0) is 37.8 Å². The quantitative estimate of drug-likeness (QED) is 0.528. The molecule has 5 nitrogen and oxygen atoms in total. The summed E-state index contributed by atoms with van der Waals surface area (Å²) in [5, 5.41) is 5.59. The van der Waals surface area contributed by atoms with Crippen LogP contribution >= 0.6 is 0 Å². The van der Waals surface area contributed by atoms with Crippen LogP contribution in [0.15, 0.2) is 12.1 Å². The predicted molar refractivity (Wildman–Crippen MR) is 96.8 cm³/mol. The lowest BCUT2D eigenvalue weighted by Gasteiger charge is -2.41. The van der Waals surface area contributed by atoms with Crippen LogP contribution in [0.25, 0.3) is 0 Å². The Morgan fingerprint density at radius 1 is 1.18 bits per heavy atom. The molecular formula is C18H23F5N4O. The Labute approximate surface area is 159 Å². The van der Waals surface area contributed by atoms with Crippen LogP contribution in [0.2, 0.25) is 0 Å². The molecule has 1 amide bonds. The van der Waals surface area contributed by atoms with Crippen molar-refractivity contribution in [3.8, 4) is 0 Å². The van der Waals surface area contributed by atoms with E-state index in [1.165, 1.54) is 11.0 Å². The number of amides is 1. The molecule has 0 atom stereocenters. The fourth-order valence-corrected chi connectivity index (χ4v) is 3.78. The second kappa shape index (κ2) is 7.29. The van der Waals surface area contributed by atoms with Crippen molar-refractivity contribution in [2.24, 2.45) is 5.92 Å². The maximum absolute atomic E-state index is 13.3. The molecular weight excluding hydrogens is 383 g/mol. The molecule has 0 unspecified atom stereocenters. The Hall–Kier alpha value is -2.26. The van der Waals surface area contributed by atoms with Crippen molar-refractivity contribution >= 4 is 23.0 Å². The van der Waals surface area contributed by atoms with E-state index in [2.05, 4.69) is 10.6 Å². The molecule has 1 aromatic carbocycles. The minimum absolute atomic E-state index is 0.0412. The van der Waals surface area contributed by atoms with Gasteiger partial charge in [-0.1, -0.05) is 0 Å². The third-order valence-corrected chi connectivity index (χ3v) is 5.39. The molecule has 2 fully saturated rings. The Morgan fingerprint density at radius 3 is 2.29 bits per heavy atom. The molecule has 156 valence electrons. The van der Waals surface area contributed by atoms with Crippen LogP contribution in [0.3, 0.4) is 0 Å². The lowest BCUT2D eigenvalue weighted by Crippen LogP contribution is -2.57. The van der Waals surface area contributed by atoms with Gasteiger partial charge in [0.05, 0.1) is 41.6 Å². The fraction of sp³-hybridized carbons (Fsp3) is 0.611. The van der Waals surface area contributed by atoms with Crippen molar-refractivity contribution in [3.05, 3.63) is 17.7 Å². The smallest absolute Gasteiger partial charge is 0.391 e. The third-order valence-electron chi connectivity index (χ3n) is 5.39. The highest BCUT2D eigenvalue weighted by atomic mass is 19.4. The zero-order valence-electron chi connectivity index (χ0n) is 15.4. The maximum atomic E-state index is 13.3. The van der Waals surface area contributed by atoms with Crippen LogP contribution in [-0.2, 0) is 0 Å².